The van der Waals surface area contributed by atoms with Gasteiger partial charge in [-0.1, -0.05) is 18.2 Å². The lowest BCUT2D eigenvalue weighted by atomic mass is 10.0. The number of hydrogen-bond acceptors (Lipinski definition) is 4. The maximum Gasteiger partial charge on any atom is 0.412 e. The third-order valence-corrected chi connectivity index (χ3v) is 3.64. The van der Waals surface area contributed by atoms with Crippen molar-refractivity contribution in [2.24, 2.45) is 0 Å². The van der Waals surface area contributed by atoms with E-state index in [0.29, 0.717) is 17.9 Å². The molecule has 0 fully saturated rings. The van der Waals surface area contributed by atoms with Crippen LogP contribution in [0.3, 0.4) is 0 Å². The van der Waals surface area contributed by atoms with Crippen LogP contribution in [0.1, 0.15) is 32.4 Å². The Morgan fingerprint density at radius 1 is 1.28 bits per heavy atom. The molecule has 0 saturated heterocycles. The van der Waals surface area contributed by atoms with Crippen LogP contribution in [-0.2, 0) is 4.74 Å². The second-order valence-corrected chi connectivity index (χ2v) is 6.87. The Kier molecular flexibility index (Phi) is 4.53. The van der Waals surface area contributed by atoms with E-state index in [9.17, 15) is 9.18 Å². The Labute approximate surface area is 146 Å². The fourth-order valence-corrected chi connectivity index (χ4v) is 2.59. The second-order valence-electron chi connectivity index (χ2n) is 6.87. The number of nitrogens with one attached hydrogen (secondary N) is 2. The zero-order valence-corrected chi connectivity index (χ0v) is 14.4. The van der Waals surface area contributed by atoms with Gasteiger partial charge in [-0.3, -0.25) is 5.32 Å². The van der Waals surface area contributed by atoms with Crippen LogP contribution < -0.4 is 15.4 Å². The van der Waals surface area contributed by atoms with E-state index >= 15 is 0 Å². The van der Waals surface area contributed by atoms with Crippen molar-refractivity contribution in [3.05, 3.63) is 53.8 Å². The van der Waals surface area contributed by atoms with Gasteiger partial charge in [0.05, 0.1) is 11.7 Å². The zero-order valence-electron chi connectivity index (χ0n) is 14.4. The summed E-state index contributed by atoms with van der Waals surface area (Å²) < 4.78 is 25.3. The maximum atomic E-state index is 14.5. The standard InChI is InChI=1S/C19H21FN2O3/c1-19(2,3)25-18(23)21-12-8-9-13(14(20)10-12)16-11-24-17-7-5-4-6-15(17)22-16/h4-10,16,22H,11H2,1-3H3,(H,21,23). The molecule has 0 radical (unpaired) electrons. The van der Waals surface area contributed by atoms with Crippen molar-refractivity contribution in [1.82, 2.24) is 0 Å². The summed E-state index contributed by atoms with van der Waals surface area (Å²) in [6.07, 6.45) is -0.618. The number of rotatable bonds is 2. The van der Waals surface area contributed by atoms with Crippen LogP contribution in [0.15, 0.2) is 42.5 Å². The topological polar surface area (TPSA) is 59.6 Å². The number of fused-ring (bicyclic) bond motifs is 1. The number of para-hydroxylation sites is 2. The van der Waals surface area contributed by atoms with Crippen molar-refractivity contribution in [2.45, 2.75) is 32.4 Å². The van der Waals surface area contributed by atoms with E-state index in [1.54, 1.807) is 32.9 Å². The van der Waals surface area contributed by atoms with Crippen molar-refractivity contribution in [2.75, 3.05) is 17.2 Å². The smallest absolute Gasteiger partial charge is 0.412 e. The van der Waals surface area contributed by atoms with E-state index in [1.165, 1.54) is 6.07 Å². The van der Waals surface area contributed by atoms with E-state index < -0.39 is 17.5 Å². The summed E-state index contributed by atoms with van der Waals surface area (Å²) >= 11 is 0. The van der Waals surface area contributed by atoms with E-state index in [1.807, 2.05) is 24.3 Å². The number of ether oxygens (including phenoxy) is 2. The molecule has 0 bridgehead atoms. The average molecular weight is 344 g/mol. The lowest BCUT2D eigenvalue weighted by Gasteiger charge is -2.28. The van der Waals surface area contributed by atoms with Gasteiger partial charge in [0.1, 0.15) is 23.8 Å². The van der Waals surface area contributed by atoms with Gasteiger partial charge < -0.3 is 14.8 Å². The molecule has 132 valence electrons. The predicted octanol–water partition coefficient (Wildman–Crippen LogP) is 4.72. The molecule has 1 unspecified atom stereocenters. The van der Waals surface area contributed by atoms with Gasteiger partial charge in [-0.25, -0.2) is 9.18 Å². The van der Waals surface area contributed by atoms with Gasteiger partial charge in [0.15, 0.2) is 0 Å². The van der Waals surface area contributed by atoms with E-state index in [4.69, 9.17) is 9.47 Å². The molecule has 1 aliphatic heterocycles. The summed E-state index contributed by atoms with van der Waals surface area (Å²) in [6, 6.07) is 11.8. The fraction of sp³-hybridized carbons (Fsp3) is 0.316. The molecule has 0 aromatic heterocycles. The first-order valence-electron chi connectivity index (χ1n) is 8.10. The molecule has 1 heterocycles. The maximum absolute atomic E-state index is 14.5. The van der Waals surface area contributed by atoms with Crippen molar-refractivity contribution < 1.29 is 18.7 Å². The Morgan fingerprint density at radius 3 is 2.76 bits per heavy atom. The lowest BCUT2D eigenvalue weighted by Crippen LogP contribution is -2.27. The third-order valence-electron chi connectivity index (χ3n) is 3.64. The molecule has 1 amide bonds. The van der Waals surface area contributed by atoms with Crippen LogP contribution in [-0.4, -0.2) is 18.3 Å². The molecule has 0 saturated carbocycles. The van der Waals surface area contributed by atoms with Crippen LogP contribution in [0, 0.1) is 5.82 Å². The lowest BCUT2D eigenvalue weighted by molar-refractivity contribution is 0.0636. The summed E-state index contributed by atoms with van der Waals surface area (Å²) in [5.41, 5.74) is 1.03. The quantitative estimate of drug-likeness (QED) is 0.828. The summed E-state index contributed by atoms with van der Waals surface area (Å²) in [4.78, 5) is 11.8. The minimum Gasteiger partial charge on any atom is -0.489 e. The average Bonchev–Trinajstić information content (AvgIpc) is 2.52. The predicted molar refractivity (Wildman–Crippen MR) is 94.6 cm³/mol. The van der Waals surface area contributed by atoms with Gasteiger partial charge in [-0.2, -0.15) is 0 Å². The number of anilines is 2. The Morgan fingerprint density at radius 2 is 2.04 bits per heavy atom. The zero-order chi connectivity index (χ0) is 18.0. The van der Waals surface area contributed by atoms with Crippen LogP contribution in [0.4, 0.5) is 20.6 Å². The molecule has 0 aliphatic carbocycles. The Balaban J connectivity index is 1.72. The van der Waals surface area contributed by atoms with E-state index in [0.717, 1.165) is 11.4 Å². The Bertz CT molecular complexity index is 786. The van der Waals surface area contributed by atoms with Crippen molar-refractivity contribution in [3.8, 4) is 5.75 Å². The van der Waals surface area contributed by atoms with E-state index in [-0.39, 0.29) is 6.04 Å². The molecule has 6 heteroatoms. The molecule has 2 N–H and O–H groups in total. The highest BCUT2D eigenvalue weighted by molar-refractivity contribution is 5.84. The molecule has 1 atom stereocenters. The molecule has 5 nitrogen and oxygen atoms in total. The molecular weight excluding hydrogens is 323 g/mol. The van der Waals surface area contributed by atoms with Gasteiger partial charge in [-0.05, 0) is 45.0 Å². The van der Waals surface area contributed by atoms with Gasteiger partial charge in [0, 0.05) is 11.3 Å². The van der Waals surface area contributed by atoms with Crippen LogP contribution in [0.25, 0.3) is 0 Å². The molecule has 2 aromatic carbocycles. The van der Waals surface area contributed by atoms with Crippen LogP contribution in [0.2, 0.25) is 0 Å². The SMILES string of the molecule is CC(C)(C)OC(=O)Nc1ccc(C2COc3ccccc3N2)c(F)c1. The third kappa shape index (κ3) is 4.21. The summed E-state index contributed by atoms with van der Waals surface area (Å²) in [7, 11) is 0. The monoisotopic (exact) mass is 344 g/mol. The summed E-state index contributed by atoms with van der Waals surface area (Å²) in [6.45, 7) is 5.63. The van der Waals surface area contributed by atoms with Gasteiger partial charge >= 0.3 is 6.09 Å². The van der Waals surface area contributed by atoms with Gasteiger partial charge in [0.25, 0.3) is 0 Å². The van der Waals surface area contributed by atoms with Crippen molar-refractivity contribution >= 4 is 17.5 Å². The minimum atomic E-state index is -0.618. The van der Waals surface area contributed by atoms with Gasteiger partial charge in [0.2, 0.25) is 0 Å². The van der Waals surface area contributed by atoms with Crippen molar-refractivity contribution in [1.29, 1.82) is 0 Å². The Hall–Kier alpha value is -2.76. The highest BCUT2D eigenvalue weighted by Crippen LogP contribution is 2.34. The van der Waals surface area contributed by atoms with Crippen LogP contribution in [0.5, 0.6) is 5.75 Å². The largest absolute Gasteiger partial charge is 0.489 e. The first-order chi connectivity index (χ1) is 11.8. The molecule has 3 rings (SSSR count). The molecular formula is C19H21FN2O3. The second kappa shape index (κ2) is 6.63. The van der Waals surface area contributed by atoms with E-state index in [2.05, 4.69) is 10.6 Å². The van der Waals surface area contributed by atoms with Gasteiger partial charge in [-0.15, -0.1) is 0 Å². The highest BCUT2D eigenvalue weighted by Gasteiger charge is 2.23. The number of hydrogen-bond donors (Lipinski definition) is 2. The first kappa shape index (κ1) is 17.1. The number of carbonyl (C=O) groups excluding carboxylic acids is 1. The number of amides is 1. The van der Waals surface area contributed by atoms with Crippen LogP contribution >= 0.6 is 0 Å². The number of halogens is 1. The molecule has 1 aliphatic rings. The molecule has 0 spiro atoms. The number of carbonyl (C=O) groups is 1. The fourth-order valence-electron chi connectivity index (χ4n) is 2.59. The molecule has 2 aromatic rings. The van der Waals surface area contributed by atoms with Crippen molar-refractivity contribution in [3.63, 3.8) is 0 Å². The molecule has 25 heavy (non-hydrogen) atoms. The first-order valence-corrected chi connectivity index (χ1v) is 8.10. The summed E-state index contributed by atoms with van der Waals surface area (Å²) in [5, 5.41) is 5.80. The minimum absolute atomic E-state index is 0.300. The normalized spacial score (nSPS) is 16.2. The summed E-state index contributed by atoms with van der Waals surface area (Å²) in [5.74, 6) is 0.330. The highest BCUT2D eigenvalue weighted by atomic mass is 19.1. The number of benzene rings is 2.